The number of benzene rings is 1. The molecule has 1 unspecified atom stereocenters. The SMILES string of the molecule is CC1CCc2cccc(C(=O)O)c2C1. The van der Waals surface area contributed by atoms with Crippen molar-refractivity contribution in [2.24, 2.45) is 5.92 Å². The van der Waals surface area contributed by atoms with Gasteiger partial charge in [-0.25, -0.2) is 4.79 Å². The summed E-state index contributed by atoms with van der Waals surface area (Å²) in [5.74, 6) is -0.182. The van der Waals surface area contributed by atoms with Crippen LogP contribution in [0, 0.1) is 5.92 Å². The summed E-state index contributed by atoms with van der Waals surface area (Å²) in [5.41, 5.74) is 2.77. The largest absolute Gasteiger partial charge is 0.478 e. The van der Waals surface area contributed by atoms with E-state index in [1.807, 2.05) is 12.1 Å². The van der Waals surface area contributed by atoms with E-state index in [0.29, 0.717) is 11.5 Å². The van der Waals surface area contributed by atoms with Gasteiger partial charge in [-0.15, -0.1) is 0 Å². The Morgan fingerprint density at radius 3 is 3.00 bits per heavy atom. The van der Waals surface area contributed by atoms with E-state index in [9.17, 15) is 4.79 Å². The molecule has 2 rings (SSSR count). The van der Waals surface area contributed by atoms with Crippen LogP contribution in [-0.4, -0.2) is 11.1 Å². The highest BCUT2D eigenvalue weighted by Crippen LogP contribution is 2.27. The molecule has 0 aliphatic heterocycles. The van der Waals surface area contributed by atoms with Crippen molar-refractivity contribution in [2.45, 2.75) is 26.2 Å². The Bertz CT molecular complexity index is 369. The molecular formula is C12H14O2. The summed E-state index contributed by atoms with van der Waals surface area (Å²) in [6.45, 7) is 2.18. The second-order valence-corrected chi connectivity index (χ2v) is 4.10. The van der Waals surface area contributed by atoms with Crippen LogP contribution in [0.4, 0.5) is 0 Å². The number of aromatic carboxylic acids is 1. The fourth-order valence-electron chi connectivity index (χ4n) is 2.16. The Labute approximate surface area is 83.6 Å². The topological polar surface area (TPSA) is 37.3 Å². The molecule has 0 saturated heterocycles. The second-order valence-electron chi connectivity index (χ2n) is 4.10. The second kappa shape index (κ2) is 3.45. The van der Waals surface area contributed by atoms with E-state index in [0.717, 1.165) is 18.4 Å². The van der Waals surface area contributed by atoms with Crippen molar-refractivity contribution < 1.29 is 9.90 Å². The highest BCUT2D eigenvalue weighted by atomic mass is 16.4. The fourth-order valence-corrected chi connectivity index (χ4v) is 2.16. The number of rotatable bonds is 1. The minimum atomic E-state index is -0.795. The van der Waals surface area contributed by atoms with Crippen LogP contribution in [0.3, 0.4) is 0 Å². The van der Waals surface area contributed by atoms with E-state index < -0.39 is 5.97 Å². The van der Waals surface area contributed by atoms with Crippen LogP contribution in [0.25, 0.3) is 0 Å². The van der Waals surface area contributed by atoms with E-state index in [4.69, 9.17) is 5.11 Å². The predicted octanol–water partition coefficient (Wildman–Crippen LogP) is 2.51. The Hall–Kier alpha value is -1.31. The van der Waals surface area contributed by atoms with Gasteiger partial charge in [0.25, 0.3) is 0 Å². The summed E-state index contributed by atoms with van der Waals surface area (Å²) in [6.07, 6.45) is 3.12. The van der Waals surface area contributed by atoms with Gasteiger partial charge in [0.2, 0.25) is 0 Å². The molecule has 0 bridgehead atoms. The van der Waals surface area contributed by atoms with Gasteiger partial charge in [-0.05, 0) is 42.4 Å². The average Bonchev–Trinajstić information content (AvgIpc) is 2.16. The molecule has 0 heterocycles. The lowest BCUT2D eigenvalue weighted by molar-refractivity contribution is 0.0695. The first-order chi connectivity index (χ1) is 6.68. The third kappa shape index (κ3) is 1.52. The number of carbonyl (C=O) groups is 1. The zero-order valence-electron chi connectivity index (χ0n) is 8.29. The molecule has 1 aliphatic carbocycles. The van der Waals surface area contributed by atoms with Gasteiger partial charge in [-0.2, -0.15) is 0 Å². The minimum absolute atomic E-state index is 0.494. The third-order valence-electron chi connectivity index (χ3n) is 2.96. The molecular weight excluding hydrogens is 176 g/mol. The molecule has 2 heteroatoms. The van der Waals surface area contributed by atoms with Crippen molar-refractivity contribution >= 4 is 5.97 Å². The van der Waals surface area contributed by atoms with Crippen LogP contribution >= 0.6 is 0 Å². The maximum Gasteiger partial charge on any atom is 0.335 e. The number of carboxylic acid groups (broad SMARTS) is 1. The standard InChI is InChI=1S/C12H14O2/c1-8-5-6-9-3-2-4-10(12(13)14)11(9)7-8/h2-4,8H,5-7H2,1H3,(H,13,14). The third-order valence-corrected chi connectivity index (χ3v) is 2.96. The fraction of sp³-hybridized carbons (Fsp3) is 0.417. The normalized spacial score (nSPS) is 20.2. The van der Waals surface area contributed by atoms with E-state index in [1.54, 1.807) is 6.07 Å². The van der Waals surface area contributed by atoms with Gasteiger partial charge in [0.1, 0.15) is 0 Å². The van der Waals surface area contributed by atoms with Crippen molar-refractivity contribution in [1.82, 2.24) is 0 Å². The maximum absolute atomic E-state index is 11.0. The molecule has 1 atom stereocenters. The van der Waals surface area contributed by atoms with Crippen molar-refractivity contribution in [3.63, 3.8) is 0 Å². The number of aryl methyl sites for hydroxylation is 1. The molecule has 1 aliphatic rings. The number of hydrogen-bond acceptors (Lipinski definition) is 1. The van der Waals surface area contributed by atoms with Gasteiger partial charge in [-0.1, -0.05) is 19.1 Å². The van der Waals surface area contributed by atoms with Crippen LogP contribution in [0.2, 0.25) is 0 Å². The first-order valence-corrected chi connectivity index (χ1v) is 5.02. The number of carboxylic acids is 1. The van der Waals surface area contributed by atoms with Crippen LogP contribution < -0.4 is 0 Å². The zero-order valence-corrected chi connectivity index (χ0v) is 8.29. The molecule has 0 spiro atoms. The molecule has 0 amide bonds. The van der Waals surface area contributed by atoms with Gasteiger partial charge < -0.3 is 5.11 Å². The first kappa shape index (κ1) is 9.25. The molecule has 0 fully saturated rings. The Morgan fingerprint density at radius 1 is 1.50 bits per heavy atom. The number of fused-ring (bicyclic) bond motifs is 1. The molecule has 74 valence electrons. The molecule has 1 aromatic carbocycles. The maximum atomic E-state index is 11.0. The van der Waals surface area contributed by atoms with E-state index >= 15 is 0 Å². The Balaban J connectivity index is 2.48. The summed E-state index contributed by atoms with van der Waals surface area (Å²) < 4.78 is 0. The molecule has 1 aromatic rings. The van der Waals surface area contributed by atoms with Gasteiger partial charge in [0, 0.05) is 0 Å². The number of hydrogen-bond donors (Lipinski definition) is 1. The summed E-state index contributed by atoms with van der Waals surface area (Å²) in [7, 11) is 0. The minimum Gasteiger partial charge on any atom is -0.478 e. The van der Waals surface area contributed by atoms with Crippen LogP contribution in [0.1, 0.15) is 34.8 Å². The van der Waals surface area contributed by atoms with Gasteiger partial charge in [0.15, 0.2) is 0 Å². The lowest BCUT2D eigenvalue weighted by Gasteiger charge is -2.22. The van der Waals surface area contributed by atoms with Crippen LogP contribution in [0.15, 0.2) is 18.2 Å². The van der Waals surface area contributed by atoms with Crippen molar-refractivity contribution in [3.05, 3.63) is 34.9 Å². The highest BCUT2D eigenvalue weighted by Gasteiger charge is 2.20. The summed E-state index contributed by atoms with van der Waals surface area (Å²) in [6, 6.07) is 5.60. The summed E-state index contributed by atoms with van der Waals surface area (Å²) in [5, 5.41) is 9.03. The van der Waals surface area contributed by atoms with Gasteiger partial charge in [-0.3, -0.25) is 0 Å². The first-order valence-electron chi connectivity index (χ1n) is 5.02. The molecule has 2 nitrogen and oxygen atoms in total. The average molecular weight is 190 g/mol. The Kier molecular flexibility index (Phi) is 2.28. The molecule has 0 aromatic heterocycles. The zero-order chi connectivity index (χ0) is 10.1. The highest BCUT2D eigenvalue weighted by molar-refractivity contribution is 5.89. The van der Waals surface area contributed by atoms with E-state index in [-0.39, 0.29) is 0 Å². The van der Waals surface area contributed by atoms with Crippen molar-refractivity contribution in [3.8, 4) is 0 Å². The molecule has 0 saturated carbocycles. The molecule has 1 N–H and O–H groups in total. The molecule has 0 radical (unpaired) electrons. The lowest BCUT2D eigenvalue weighted by atomic mass is 9.82. The Morgan fingerprint density at radius 2 is 2.29 bits per heavy atom. The quantitative estimate of drug-likeness (QED) is 0.738. The lowest BCUT2D eigenvalue weighted by Crippen LogP contribution is -2.15. The smallest absolute Gasteiger partial charge is 0.335 e. The van der Waals surface area contributed by atoms with Gasteiger partial charge >= 0.3 is 5.97 Å². The molecule has 14 heavy (non-hydrogen) atoms. The summed E-state index contributed by atoms with van der Waals surface area (Å²) >= 11 is 0. The van der Waals surface area contributed by atoms with E-state index in [2.05, 4.69) is 6.92 Å². The monoisotopic (exact) mass is 190 g/mol. The predicted molar refractivity (Wildman–Crippen MR) is 54.6 cm³/mol. The van der Waals surface area contributed by atoms with E-state index in [1.165, 1.54) is 12.0 Å². The van der Waals surface area contributed by atoms with Crippen LogP contribution in [-0.2, 0) is 12.8 Å². The van der Waals surface area contributed by atoms with Crippen molar-refractivity contribution in [2.75, 3.05) is 0 Å². The summed E-state index contributed by atoms with van der Waals surface area (Å²) in [4.78, 5) is 11.0. The van der Waals surface area contributed by atoms with Crippen LogP contribution in [0.5, 0.6) is 0 Å². The van der Waals surface area contributed by atoms with Gasteiger partial charge in [0.05, 0.1) is 5.56 Å². The van der Waals surface area contributed by atoms with Crippen molar-refractivity contribution in [1.29, 1.82) is 0 Å².